The number of anilines is 1. The Morgan fingerprint density at radius 1 is 1.26 bits per heavy atom. The third-order valence-electron chi connectivity index (χ3n) is 4.35. The smallest absolute Gasteiger partial charge is 0.244 e. The fourth-order valence-corrected chi connectivity index (χ4v) is 2.97. The molecule has 0 saturated carbocycles. The quantitative estimate of drug-likeness (QED) is 0.715. The van der Waals surface area contributed by atoms with Crippen LogP contribution < -0.4 is 10.6 Å². The zero-order valence-electron chi connectivity index (χ0n) is 14.6. The molecule has 0 radical (unpaired) electrons. The first-order valence-electron chi connectivity index (χ1n) is 8.42. The Labute approximate surface area is 161 Å². The molecule has 0 aliphatic carbocycles. The van der Waals surface area contributed by atoms with Crippen LogP contribution >= 0.6 is 12.4 Å². The topological polar surface area (TPSA) is 76.4 Å². The van der Waals surface area contributed by atoms with Crippen molar-refractivity contribution in [2.24, 2.45) is 0 Å². The van der Waals surface area contributed by atoms with Crippen molar-refractivity contribution in [1.29, 1.82) is 0 Å². The Morgan fingerprint density at radius 3 is 2.78 bits per heavy atom. The number of ether oxygens (including phenoxy) is 1. The lowest BCUT2D eigenvalue weighted by Crippen LogP contribution is -2.53. The lowest BCUT2D eigenvalue weighted by atomic mass is 10.1. The minimum atomic E-state index is -0.399. The van der Waals surface area contributed by atoms with E-state index in [1.807, 2.05) is 6.92 Å². The number of nitrogens with zero attached hydrogens (tertiary/aromatic N) is 1. The van der Waals surface area contributed by atoms with Gasteiger partial charge in [0.15, 0.2) is 5.58 Å². The van der Waals surface area contributed by atoms with Gasteiger partial charge in [-0.2, -0.15) is 0 Å². The molecule has 1 fully saturated rings. The zero-order valence-corrected chi connectivity index (χ0v) is 15.4. The van der Waals surface area contributed by atoms with Crippen LogP contribution in [0.2, 0.25) is 0 Å². The molecule has 142 valence electrons. The third kappa shape index (κ3) is 4.10. The number of amides is 1. The summed E-state index contributed by atoms with van der Waals surface area (Å²) in [6.07, 6.45) is -0.192. The predicted molar refractivity (Wildman–Crippen MR) is 102 cm³/mol. The highest BCUT2D eigenvalue weighted by Crippen LogP contribution is 2.26. The number of carbonyl (C=O) groups excluding carboxylic acids is 1. The molecule has 0 bridgehead atoms. The molecule has 2 aromatic carbocycles. The van der Waals surface area contributed by atoms with Crippen molar-refractivity contribution in [2.45, 2.75) is 19.1 Å². The van der Waals surface area contributed by atoms with E-state index in [-0.39, 0.29) is 30.2 Å². The average molecular weight is 392 g/mol. The maximum absolute atomic E-state index is 13.1. The molecule has 8 heteroatoms. The largest absolute Gasteiger partial charge is 0.436 e. The highest BCUT2D eigenvalue weighted by molar-refractivity contribution is 5.96. The molecule has 0 unspecified atom stereocenters. The number of nitrogens with one attached hydrogen (secondary N) is 2. The number of aromatic nitrogens is 1. The zero-order chi connectivity index (χ0) is 18.1. The number of rotatable bonds is 3. The van der Waals surface area contributed by atoms with Gasteiger partial charge in [-0.15, -0.1) is 12.4 Å². The van der Waals surface area contributed by atoms with Crippen molar-refractivity contribution in [3.05, 3.63) is 48.3 Å². The van der Waals surface area contributed by atoms with Gasteiger partial charge in [-0.05, 0) is 43.3 Å². The maximum atomic E-state index is 13.1. The van der Waals surface area contributed by atoms with Crippen LogP contribution in [0.1, 0.15) is 6.92 Å². The number of oxazole rings is 1. The first-order valence-corrected chi connectivity index (χ1v) is 8.42. The third-order valence-corrected chi connectivity index (χ3v) is 4.35. The minimum absolute atomic E-state index is 0. The van der Waals surface area contributed by atoms with Gasteiger partial charge in [-0.3, -0.25) is 4.79 Å². The summed E-state index contributed by atoms with van der Waals surface area (Å²) in [5.41, 5.74) is 2.51. The normalized spacial score (nSPS) is 19.5. The fourth-order valence-electron chi connectivity index (χ4n) is 2.97. The molecule has 2 heterocycles. The maximum Gasteiger partial charge on any atom is 0.244 e. The van der Waals surface area contributed by atoms with E-state index in [1.165, 1.54) is 12.1 Å². The van der Waals surface area contributed by atoms with Gasteiger partial charge in [0.05, 0.1) is 12.7 Å². The van der Waals surface area contributed by atoms with Crippen LogP contribution in [0.5, 0.6) is 0 Å². The van der Waals surface area contributed by atoms with Gasteiger partial charge in [-0.1, -0.05) is 0 Å². The summed E-state index contributed by atoms with van der Waals surface area (Å²) in [5.74, 6) is -0.0707. The Bertz CT molecular complexity index is 945. The van der Waals surface area contributed by atoms with Crippen molar-refractivity contribution >= 4 is 35.1 Å². The number of hydrogen-bond donors (Lipinski definition) is 2. The molecule has 6 nitrogen and oxygen atoms in total. The molecule has 4 rings (SSSR count). The van der Waals surface area contributed by atoms with E-state index in [1.54, 1.807) is 30.3 Å². The lowest BCUT2D eigenvalue weighted by molar-refractivity contribution is -0.123. The van der Waals surface area contributed by atoms with Crippen LogP contribution in [-0.4, -0.2) is 36.2 Å². The molecule has 3 aromatic rings. The Hall–Kier alpha value is -2.48. The van der Waals surface area contributed by atoms with E-state index < -0.39 is 6.04 Å². The molecule has 1 aromatic heterocycles. The molecule has 1 aliphatic heterocycles. The van der Waals surface area contributed by atoms with Crippen LogP contribution in [0.4, 0.5) is 10.1 Å². The van der Waals surface area contributed by atoms with Crippen molar-refractivity contribution < 1.29 is 18.3 Å². The van der Waals surface area contributed by atoms with E-state index in [0.29, 0.717) is 41.4 Å². The number of morpholine rings is 1. The van der Waals surface area contributed by atoms with Crippen LogP contribution in [-0.2, 0) is 9.53 Å². The Kier molecular flexibility index (Phi) is 5.74. The molecule has 2 atom stereocenters. The summed E-state index contributed by atoms with van der Waals surface area (Å²) < 4.78 is 24.3. The first-order chi connectivity index (χ1) is 12.6. The summed E-state index contributed by atoms with van der Waals surface area (Å²) in [7, 11) is 0. The van der Waals surface area contributed by atoms with Crippen LogP contribution in [0.3, 0.4) is 0 Å². The van der Waals surface area contributed by atoms with Crippen molar-refractivity contribution in [1.82, 2.24) is 10.3 Å². The van der Waals surface area contributed by atoms with Gasteiger partial charge in [0.2, 0.25) is 11.8 Å². The summed E-state index contributed by atoms with van der Waals surface area (Å²) in [5, 5.41) is 6.02. The van der Waals surface area contributed by atoms with Gasteiger partial charge >= 0.3 is 0 Å². The second kappa shape index (κ2) is 8.04. The lowest BCUT2D eigenvalue weighted by Gasteiger charge is -2.29. The number of hydrogen-bond acceptors (Lipinski definition) is 5. The fraction of sp³-hybridized carbons (Fsp3) is 0.263. The number of fused-ring (bicyclic) bond motifs is 1. The molecular weight excluding hydrogens is 373 g/mol. The van der Waals surface area contributed by atoms with Gasteiger partial charge in [0.1, 0.15) is 17.4 Å². The van der Waals surface area contributed by atoms with E-state index >= 15 is 0 Å². The van der Waals surface area contributed by atoms with Crippen LogP contribution in [0.15, 0.2) is 46.9 Å². The molecular formula is C19H19ClFN3O3. The van der Waals surface area contributed by atoms with Crippen molar-refractivity contribution in [3.8, 4) is 11.5 Å². The van der Waals surface area contributed by atoms with Gasteiger partial charge in [0, 0.05) is 23.9 Å². The summed E-state index contributed by atoms with van der Waals surface area (Å²) in [6.45, 7) is 3.11. The monoisotopic (exact) mass is 391 g/mol. The SMILES string of the molecule is C[C@H]1OCCN[C@@H]1C(=O)Nc1ccc2nc(-c3ccc(F)cc3)oc2c1.Cl. The Balaban J connectivity index is 0.00000210. The van der Waals surface area contributed by atoms with Gasteiger partial charge in [-0.25, -0.2) is 9.37 Å². The van der Waals surface area contributed by atoms with Crippen molar-refractivity contribution in [2.75, 3.05) is 18.5 Å². The number of benzene rings is 2. The highest BCUT2D eigenvalue weighted by atomic mass is 35.5. The molecule has 0 spiro atoms. The second-order valence-electron chi connectivity index (χ2n) is 6.21. The van der Waals surface area contributed by atoms with Crippen molar-refractivity contribution in [3.63, 3.8) is 0 Å². The molecule has 1 amide bonds. The summed E-state index contributed by atoms with van der Waals surface area (Å²) in [6, 6.07) is 10.8. The summed E-state index contributed by atoms with van der Waals surface area (Å²) in [4.78, 5) is 16.8. The van der Waals surface area contributed by atoms with Gasteiger partial charge < -0.3 is 19.8 Å². The Morgan fingerprint density at radius 2 is 2.04 bits per heavy atom. The van der Waals surface area contributed by atoms with Crippen LogP contribution in [0.25, 0.3) is 22.6 Å². The van der Waals surface area contributed by atoms with Crippen LogP contribution in [0, 0.1) is 5.82 Å². The van der Waals surface area contributed by atoms with E-state index in [4.69, 9.17) is 9.15 Å². The standard InChI is InChI=1S/C19H18FN3O3.ClH/c1-11-17(21-8-9-25-11)18(24)22-14-6-7-15-16(10-14)26-19(23-15)12-2-4-13(20)5-3-12;/h2-7,10-11,17,21H,8-9H2,1H3,(H,22,24);1H/t11-,17+;/m1./s1. The van der Waals surface area contributed by atoms with E-state index in [9.17, 15) is 9.18 Å². The average Bonchev–Trinajstić information content (AvgIpc) is 3.06. The van der Waals surface area contributed by atoms with Gasteiger partial charge in [0.25, 0.3) is 0 Å². The van der Waals surface area contributed by atoms with E-state index in [2.05, 4.69) is 15.6 Å². The predicted octanol–water partition coefficient (Wildman–Crippen LogP) is 3.37. The molecule has 1 aliphatic rings. The molecule has 2 N–H and O–H groups in total. The number of carbonyl (C=O) groups is 1. The second-order valence-corrected chi connectivity index (χ2v) is 6.21. The van der Waals surface area contributed by atoms with E-state index in [0.717, 1.165) is 0 Å². The molecule has 1 saturated heterocycles. The number of halogens is 2. The highest BCUT2D eigenvalue weighted by Gasteiger charge is 2.28. The summed E-state index contributed by atoms with van der Waals surface area (Å²) >= 11 is 0. The minimum Gasteiger partial charge on any atom is -0.436 e. The molecule has 27 heavy (non-hydrogen) atoms. The first kappa shape index (κ1) is 19.3.